The first kappa shape index (κ1) is 16.8. The SMILES string of the molecule is C[C@@H]1CCC=C(OS(=O)(=O)C(F)(F)F)[C@]1(C)COC=O. The fraction of sp³-hybridized carbons (Fsp3) is 0.727. The minimum atomic E-state index is -5.73. The number of carbonyl (C=O) groups excluding carboxylic acids is 1. The Kier molecular flexibility index (Phi) is 4.73. The van der Waals surface area contributed by atoms with Crippen LogP contribution in [-0.2, 0) is 23.8 Å². The van der Waals surface area contributed by atoms with Crippen molar-refractivity contribution in [3.8, 4) is 0 Å². The van der Waals surface area contributed by atoms with Gasteiger partial charge in [-0.15, -0.1) is 0 Å². The van der Waals surface area contributed by atoms with E-state index in [4.69, 9.17) is 0 Å². The molecule has 116 valence electrons. The fourth-order valence-electron chi connectivity index (χ4n) is 1.97. The van der Waals surface area contributed by atoms with Crippen LogP contribution in [0, 0.1) is 11.3 Å². The van der Waals surface area contributed by atoms with E-state index in [1.165, 1.54) is 13.0 Å². The van der Waals surface area contributed by atoms with Crippen molar-refractivity contribution in [3.05, 3.63) is 11.8 Å². The zero-order valence-corrected chi connectivity index (χ0v) is 11.8. The van der Waals surface area contributed by atoms with Gasteiger partial charge in [0, 0.05) is 0 Å². The zero-order chi connectivity index (χ0) is 15.6. The highest BCUT2D eigenvalue weighted by atomic mass is 32.2. The molecule has 0 saturated heterocycles. The van der Waals surface area contributed by atoms with Crippen molar-refractivity contribution >= 4 is 16.6 Å². The van der Waals surface area contributed by atoms with Gasteiger partial charge in [0.1, 0.15) is 12.4 Å². The average Bonchev–Trinajstić information content (AvgIpc) is 2.31. The van der Waals surface area contributed by atoms with E-state index in [0.717, 1.165) is 0 Å². The third-order valence-corrected chi connectivity index (χ3v) is 4.48. The number of halogens is 3. The molecule has 5 nitrogen and oxygen atoms in total. The van der Waals surface area contributed by atoms with Crippen LogP contribution in [0.25, 0.3) is 0 Å². The van der Waals surface area contributed by atoms with Crippen LogP contribution in [0.1, 0.15) is 26.7 Å². The maximum Gasteiger partial charge on any atom is 0.534 e. The molecule has 0 heterocycles. The largest absolute Gasteiger partial charge is 0.534 e. The molecule has 20 heavy (non-hydrogen) atoms. The van der Waals surface area contributed by atoms with Crippen molar-refractivity contribution in [3.63, 3.8) is 0 Å². The second kappa shape index (κ2) is 5.63. The first-order chi connectivity index (χ1) is 9.04. The Labute approximate surface area is 114 Å². The summed E-state index contributed by atoms with van der Waals surface area (Å²) in [4.78, 5) is 10.3. The number of hydrogen-bond acceptors (Lipinski definition) is 5. The number of allylic oxidation sites excluding steroid dienone is 1. The maximum atomic E-state index is 12.4. The van der Waals surface area contributed by atoms with Gasteiger partial charge < -0.3 is 8.92 Å². The van der Waals surface area contributed by atoms with E-state index in [1.54, 1.807) is 6.92 Å². The van der Waals surface area contributed by atoms with Gasteiger partial charge in [-0.05, 0) is 31.8 Å². The van der Waals surface area contributed by atoms with E-state index in [2.05, 4.69) is 8.92 Å². The van der Waals surface area contributed by atoms with Crippen molar-refractivity contribution < 1.29 is 35.3 Å². The average molecular weight is 316 g/mol. The third kappa shape index (κ3) is 3.25. The standard InChI is InChI=1S/C11H15F3O5S/c1-8-4-3-5-9(10(8,2)6-18-7-15)19-20(16,17)11(12,13)14/h5,7-8H,3-4,6H2,1-2H3/t8-,10-/m1/s1. The number of hydrogen-bond donors (Lipinski definition) is 0. The minimum absolute atomic E-state index is 0.155. The summed E-state index contributed by atoms with van der Waals surface area (Å²) < 4.78 is 68.1. The fourth-order valence-corrected chi connectivity index (χ4v) is 2.56. The predicted molar refractivity (Wildman–Crippen MR) is 62.7 cm³/mol. The second-order valence-corrected chi connectivity index (χ2v) is 6.39. The van der Waals surface area contributed by atoms with Crippen molar-refractivity contribution in [2.45, 2.75) is 32.2 Å². The summed E-state index contributed by atoms with van der Waals surface area (Å²) in [5.74, 6) is -0.540. The van der Waals surface area contributed by atoms with E-state index in [-0.39, 0.29) is 24.8 Å². The molecule has 0 aromatic heterocycles. The third-order valence-electron chi connectivity index (χ3n) is 3.51. The van der Waals surface area contributed by atoms with Gasteiger partial charge in [-0.25, -0.2) is 0 Å². The summed E-state index contributed by atoms with van der Waals surface area (Å²) >= 11 is 0. The molecule has 0 spiro atoms. The molecule has 0 aromatic rings. The lowest BCUT2D eigenvalue weighted by molar-refractivity contribution is -0.132. The maximum absolute atomic E-state index is 12.4. The summed E-state index contributed by atoms with van der Waals surface area (Å²) in [5.41, 5.74) is -6.61. The first-order valence-corrected chi connectivity index (χ1v) is 7.22. The Morgan fingerprint density at radius 2 is 2.10 bits per heavy atom. The van der Waals surface area contributed by atoms with E-state index >= 15 is 0 Å². The van der Waals surface area contributed by atoms with E-state index in [1.807, 2.05) is 0 Å². The lowest BCUT2D eigenvalue weighted by Crippen LogP contribution is -2.38. The predicted octanol–water partition coefficient (Wildman–Crippen LogP) is 2.35. The Bertz CT molecular complexity index is 497. The molecule has 0 amide bonds. The van der Waals surface area contributed by atoms with Gasteiger partial charge in [0.15, 0.2) is 0 Å². The molecule has 0 aliphatic heterocycles. The van der Waals surface area contributed by atoms with Gasteiger partial charge in [0.2, 0.25) is 0 Å². The van der Waals surface area contributed by atoms with Crippen LogP contribution >= 0.6 is 0 Å². The molecule has 0 N–H and O–H groups in total. The zero-order valence-electron chi connectivity index (χ0n) is 10.9. The minimum Gasteiger partial charge on any atom is -0.467 e. The molecule has 0 aromatic carbocycles. The molecule has 1 aliphatic rings. The van der Waals surface area contributed by atoms with Gasteiger partial charge in [0.25, 0.3) is 6.47 Å². The van der Waals surface area contributed by atoms with Crippen molar-refractivity contribution in [2.75, 3.05) is 6.61 Å². The molecule has 1 rings (SSSR count). The van der Waals surface area contributed by atoms with Crippen LogP contribution in [0.2, 0.25) is 0 Å². The molecule has 9 heteroatoms. The van der Waals surface area contributed by atoms with Crippen molar-refractivity contribution in [1.29, 1.82) is 0 Å². The van der Waals surface area contributed by atoms with Crippen LogP contribution in [-0.4, -0.2) is 27.0 Å². The monoisotopic (exact) mass is 316 g/mol. The lowest BCUT2D eigenvalue weighted by Gasteiger charge is -2.38. The van der Waals surface area contributed by atoms with Gasteiger partial charge in [-0.2, -0.15) is 21.6 Å². The van der Waals surface area contributed by atoms with Gasteiger partial charge in [0.05, 0.1) is 5.41 Å². The Morgan fingerprint density at radius 1 is 1.50 bits per heavy atom. The van der Waals surface area contributed by atoms with E-state index < -0.39 is 21.0 Å². The van der Waals surface area contributed by atoms with E-state index in [9.17, 15) is 26.4 Å². The van der Waals surface area contributed by atoms with Crippen LogP contribution < -0.4 is 0 Å². The number of alkyl halides is 3. The molecular formula is C11H15F3O5S. The first-order valence-electron chi connectivity index (χ1n) is 5.81. The highest BCUT2D eigenvalue weighted by Gasteiger charge is 2.51. The molecule has 0 radical (unpaired) electrons. The van der Waals surface area contributed by atoms with Crippen LogP contribution in [0.3, 0.4) is 0 Å². The van der Waals surface area contributed by atoms with Crippen LogP contribution in [0.5, 0.6) is 0 Å². The number of ether oxygens (including phenoxy) is 1. The highest BCUT2D eigenvalue weighted by Crippen LogP contribution is 2.44. The van der Waals surface area contributed by atoms with Gasteiger partial charge in [-0.3, -0.25) is 4.79 Å². The Morgan fingerprint density at radius 3 is 2.60 bits per heavy atom. The lowest BCUT2D eigenvalue weighted by atomic mass is 9.71. The summed E-state index contributed by atoms with van der Waals surface area (Å²) in [7, 11) is -5.73. The van der Waals surface area contributed by atoms with Crippen LogP contribution in [0.4, 0.5) is 13.2 Å². The summed E-state index contributed by atoms with van der Waals surface area (Å²) in [6, 6.07) is 0. The van der Waals surface area contributed by atoms with Gasteiger partial charge >= 0.3 is 15.6 Å². The number of carbonyl (C=O) groups is 1. The quantitative estimate of drug-likeness (QED) is 0.442. The Balaban J connectivity index is 3.08. The molecule has 1 aliphatic carbocycles. The van der Waals surface area contributed by atoms with Crippen LogP contribution in [0.15, 0.2) is 11.8 Å². The van der Waals surface area contributed by atoms with E-state index in [0.29, 0.717) is 12.8 Å². The Hall–Kier alpha value is -1.25. The normalized spacial score (nSPS) is 27.6. The van der Waals surface area contributed by atoms with Crippen molar-refractivity contribution in [2.24, 2.45) is 11.3 Å². The molecule has 0 unspecified atom stereocenters. The molecule has 0 fully saturated rings. The summed E-state index contributed by atoms with van der Waals surface area (Å²) in [6.45, 7) is 3.13. The number of rotatable bonds is 5. The molecule has 2 atom stereocenters. The summed E-state index contributed by atoms with van der Waals surface area (Å²) in [6.07, 6.45) is 2.30. The molecule has 0 bridgehead atoms. The smallest absolute Gasteiger partial charge is 0.467 e. The van der Waals surface area contributed by atoms with Crippen molar-refractivity contribution in [1.82, 2.24) is 0 Å². The summed E-state index contributed by atoms with van der Waals surface area (Å²) in [5, 5.41) is 0. The molecular weight excluding hydrogens is 301 g/mol. The molecule has 0 saturated carbocycles. The topological polar surface area (TPSA) is 69.7 Å². The van der Waals surface area contributed by atoms with Gasteiger partial charge in [-0.1, -0.05) is 6.92 Å². The second-order valence-electron chi connectivity index (χ2n) is 4.85. The highest BCUT2D eigenvalue weighted by molar-refractivity contribution is 7.87.